The van der Waals surface area contributed by atoms with Crippen molar-refractivity contribution in [2.24, 2.45) is 0 Å². The first-order chi connectivity index (χ1) is 21.2. The van der Waals surface area contributed by atoms with Gasteiger partial charge in [-0.25, -0.2) is 0 Å². The summed E-state index contributed by atoms with van der Waals surface area (Å²) >= 11 is -4.65. The van der Waals surface area contributed by atoms with Crippen LogP contribution in [-0.2, 0) is 21.0 Å². The molecular formula is C41H47Cl2SiZr. The first-order valence-electron chi connectivity index (χ1n) is 16.7. The summed E-state index contributed by atoms with van der Waals surface area (Å²) in [6.07, 6.45) is 8.26. The Morgan fingerprint density at radius 2 is 1.33 bits per heavy atom. The Hall–Kier alpha value is -1.96. The zero-order valence-electron chi connectivity index (χ0n) is 28.1. The third kappa shape index (κ3) is 5.47. The molecule has 0 radical (unpaired) electrons. The fourth-order valence-corrected chi connectivity index (χ4v) is 38.0. The summed E-state index contributed by atoms with van der Waals surface area (Å²) < 4.78 is 0.189. The first-order valence-corrected chi connectivity index (χ1v) is 33.0. The Labute approximate surface area is 280 Å². The van der Waals surface area contributed by atoms with Crippen LogP contribution in [0.4, 0.5) is 0 Å². The third-order valence-corrected chi connectivity index (χ3v) is 63.1. The summed E-state index contributed by atoms with van der Waals surface area (Å²) in [6, 6.07) is 31.9. The van der Waals surface area contributed by atoms with Crippen molar-refractivity contribution in [2.45, 2.75) is 79.6 Å². The zero-order chi connectivity index (χ0) is 32.3. The van der Waals surface area contributed by atoms with Crippen LogP contribution in [0.15, 0.2) is 96.6 Å². The van der Waals surface area contributed by atoms with Gasteiger partial charge in [0, 0.05) is 0 Å². The van der Waals surface area contributed by atoms with Crippen molar-refractivity contribution in [2.75, 3.05) is 0 Å². The van der Waals surface area contributed by atoms with E-state index in [0.717, 1.165) is 6.42 Å². The van der Waals surface area contributed by atoms with Crippen LogP contribution < -0.4 is 0 Å². The molecule has 0 amide bonds. The molecule has 3 atom stereocenters. The van der Waals surface area contributed by atoms with Crippen LogP contribution in [0, 0.1) is 0 Å². The summed E-state index contributed by atoms with van der Waals surface area (Å²) in [7, 11) is 16.8. The second kappa shape index (κ2) is 11.9. The normalized spacial score (nSPS) is 19.2. The number of rotatable bonds is 7. The van der Waals surface area contributed by atoms with E-state index < -0.39 is 21.5 Å². The summed E-state index contributed by atoms with van der Waals surface area (Å²) in [5.41, 5.74) is 14.5. The van der Waals surface area contributed by atoms with E-state index in [4.69, 9.17) is 17.0 Å². The van der Waals surface area contributed by atoms with Crippen LogP contribution in [0.2, 0.25) is 13.1 Å². The Morgan fingerprint density at radius 3 is 1.89 bits per heavy atom. The fraction of sp³-hybridized carbons (Fsp3) is 0.317. The van der Waals surface area contributed by atoms with Crippen molar-refractivity contribution >= 4 is 35.1 Å². The maximum absolute atomic E-state index is 8.38. The van der Waals surface area contributed by atoms with Crippen LogP contribution in [-0.4, -0.2) is 5.92 Å². The molecule has 0 fully saturated rings. The average molecular weight is 730 g/mol. The molecule has 0 heterocycles. The molecule has 0 aliphatic heterocycles. The van der Waals surface area contributed by atoms with E-state index in [1.165, 1.54) is 61.2 Å². The van der Waals surface area contributed by atoms with E-state index in [9.17, 15) is 0 Å². The molecule has 45 heavy (non-hydrogen) atoms. The Bertz CT molecular complexity index is 1810. The Kier molecular flexibility index (Phi) is 8.74. The van der Waals surface area contributed by atoms with Crippen molar-refractivity contribution in [3.8, 4) is 22.3 Å². The van der Waals surface area contributed by atoms with Gasteiger partial charge in [-0.05, 0) is 0 Å². The number of benzene rings is 4. The van der Waals surface area contributed by atoms with E-state index in [1.807, 2.05) is 0 Å². The van der Waals surface area contributed by atoms with Gasteiger partial charge in [-0.1, -0.05) is 0 Å². The minimum atomic E-state index is -4.65. The van der Waals surface area contributed by atoms with Crippen LogP contribution in [0.1, 0.15) is 94.5 Å². The number of hydrogen-bond acceptors (Lipinski definition) is 0. The Morgan fingerprint density at radius 1 is 0.778 bits per heavy atom. The molecule has 0 spiro atoms. The van der Waals surface area contributed by atoms with Gasteiger partial charge in [0.25, 0.3) is 0 Å². The van der Waals surface area contributed by atoms with Gasteiger partial charge < -0.3 is 0 Å². The van der Waals surface area contributed by atoms with Crippen molar-refractivity contribution in [1.82, 2.24) is 0 Å². The fourth-order valence-electron chi connectivity index (χ4n) is 7.85. The van der Waals surface area contributed by atoms with Gasteiger partial charge in [0.15, 0.2) is 0 Å². The molecule has 0 N–H and O–H groups in total. The maximum atomic E-state index is 8.38. The van der Waals surface area contributed by atoms with Gasteiger partial charge in [0.05, 0.1) is 0 Å². The number of allylic oxidation sites excluding steroid dienone is 2. The standard InChI is InChI=1S/C20H21.C19H19.C2H7Si.2ClH.Zr/c1-4-15(3)16-8-10-17(11-9-16)19-7-5-6-18-12-14(2)13-20(18)19;1-19(2,3)16-12-10-15(11-13-16)18-9-5-7-14-6-4-8-17(14)18;1-3-2;;;/h5-13,15H,4H2,1-3H3;4-13H,1-3H3;3H,1-2H3;2*1H;/q;;;;;+2/p-2. The van der Waals surface area contributed by atoms with Gasteiger partial charge in [-0.3, -0.25) is 0 Å². The van der Waals surface area contributed by atoms with Crippen molar-refractivity contribution in [3.63, 3.8) is 0 Å². The molecule has 2 aliphatic carbocycles. The first kappa shape index (κ1) is 33.0. The molecule has 0 saturated carbocycles. The SMILES string of the molecule is CCC(C)c1ccc(-c2cccc3c2C=C(C)[CH]3[Zr]([Cl])([Cl])([CH]2C=Cc3c(-c4ccc(C(C)(C)C)cc4)cccc32)[SiH](C)C)cc1. The quantitative estimate of drug-likeness (QED) is 0.166. The summed E-state index contributed by atoms with van der Waals surface area (Å²) in [4.78, 5) is 0. The van der Waals surface area contributed by atoms with Crippen molar-refractivity contribution < 1.29 is 15.6 Å². The molecule has 0 aromatic heterocycles. The molecule has 6 rings (SSSR count). The van der Waals surface area contributed by atoms with Gasteiger partial charge in [0.2, 0.25) is 0 Å². The van der Waals surface area contributed by atoms with Crippen molar-refractivity contribution in [3.05, 3.63) is 130 Å². The average Bonchev–Trinajstić information content (AvgIpc) is 3.62. The molecule has 0 nitrogen and oxygen atoms in total. The van der Waals surface area contributed by atoms with E-state index in [2.05, 4.69) is 158 Å². The molecule has 233 valence electrons. The summed E-state index contributed by atoms with van der Waals surface area (Å²) in [6.45, 7) is 18.5. The van der Waals surface area contributed by atoms with E-state index >= 15 is 0 Å². The van der Waals surface area contributed by atoms with E-state index in [1.54, 1.807) is 0 Å². The number of hydrogen-bond donors (Lipinski definition) is 0. The molecule has 3 unspecified atom stereocenters. The van der Waals surface area contributed by atoms with Crippen molar-refractivity contribution in [1.29, 1.82) is 0 Å². The van der Waals surface area contributed by atoms with Gasteiger partial charge in [-0.15, -0.1) is 0 Å². The molecule has 4 heteroatoms. The molecule has 2 aliphatic rings. The predicted octanol–water partition coefficient (Wildman–Crippen LogP) is 13.0. The third-order valence-electron chi connectivity index (χ3n) is 10.9. The van der Waals surface area contributed by atoms with Crippen LogP contribution in [0.3, 0.4) is 0 Å². The molecule has 0 saturated heterocycles. The Balaban J connectivity index is 1.44. The van der Waals surface area contributed by atoms with Crippen LogP contribution >= 0.6 is 17.0 Å². The molecule has 4 aromatic rings. The summed E-state index contributed by atoms with van der Waals surface area (Å²) in [5.74, 6) is -0.991. The van der Waals surface area contributed by atoms with Gasteiger partial charge >= 0.3 is 283 Å². The predicted molar refractivity (Wildman–Crippen MR) is 200 cm³/mol. The molecule has 0 bridgehead atoms. The van der Waals surface area contributed by atoms with Gasteiger partial charge in [-0.2, -0.15) is 0 Å². The second-order valence-electron chi connectivity index (χ2n) is 14.9. The number of halogens is 2. The number of fused-ring (bicyclic) bond motifs is 2. The topological polar surface area (TPSA) is 0 Å². The zero-order valence-corrected chi connectivity index (χ0v) is 33.2. The van der Waals surface area contributed by atoms with Crippen LogP contribution in [0.5, 0.6) is 0 Å². The second-order valence-corrected chi connectivity index (χ2v) is 57.5. The van der Waals surface area contributed by atoms with Gasteiger partial charge in [0.1, 0.15) is 0 Å². The minimum absolute atomic E-state index is 0.0861. The van der Waals surface area contributed by atoms with E-state index in [0.29, 0.717) is 5.92 Å². The molecule has 4 aromatic carbocycles. The van der Waals surface area contributed by atoms with Crippen LogP contribution in [0.25, 0.3) is 34.4 Å². The van der Waals surface area contributed by atoms with E-state index in [-0.39, 0.29) is 12.7 Å². The molecular weight excluding hydrogens is 683 g/mol. The summed E-state index contributed by atoms with van der Waals surface area (Å²) in [5, 5.41) is 0. The monoisotopic (exact) mass is 727 g/mol.